The molecule has 130 valence electrons. The van der Waals surface area contributed by atoms with Crippen molar-refractivity contribution in [2.75, 3.05) is 6.61 Å². The van der Waals surface area contributed by atoms with Crippen molar-refractivity contribution in [3.05, 3.63) is 63.8 Å². The Kier molecular flexibility index (Phi) is 5.38. The minimum Gasteiger partial charge on any atom is -0.477 e. The standard InChI is InChI=1S/C19H20N2O4/c22-17(13-25-18-7-4-12-20-19(18)21(23)24)16-10-8-15(9-11-16)14-5-2-1-3-6-14/h4,7-12,14H,1-3,5-6,13H2. The summed E-state index contributed by atoms with van der Waals surface area (Å²) in [6.07, 6.45) is 7.58. The van der Waals surface area contributed by atoms with Crippen LogP contribution in [-0.4, -0.2) is 22.3 Å². The Hall–Kier alpha value is -2.76. The molecule has 0 bridgehead atoms. The van der Waals surface area contributed by atoms with E-state index in [1.165, 1.54) is 56.0 Å². The lowest BCUT2D eigenvalue weighted by Crippen LogP contribution is -2.13. The maximum absolute atomic E-state index is 12.3. The van der Waals surface area contributed by atoms with Crippen LogP contribution in [0.4, 0.5) is 5.82 Å². The summed E-state index contributed by atoms with van der Waals surface area (Å²) in [4.78, 5) is 26.2. The molecule has 1 aliphatic carbocycles. The van der Waals surface area contributed by atoms with E-state index in [1.54, 1.807) is 0 Å². The second-order valence-corrected chi connectivity index (χ2v) is 6.25. The Balaban J connectivity index is 1.63. The lowest BCUT2D eigenvalue weighted by atomic mass is 9.84. The molecule has 1 aliphatic rings. The average molecular weight is 340 g/mol. The van der Waals surface area contributed by atoms with Gasteiger partial charge in [-0.25, -0.2) is 0 Å². The number of aromatic nitrogens is 1. The molecule has 1 fully saturated rings. The highest BCUT2D eigenvalue weighted by Crippen LogP contribution is 2.32. The van der Waals surface area contributed by atoms with E-state index in [4.69, 9.17) is 4.74 Å². The quantitative estimate of drug-likeness (QED) is 0.445. The van der Waals surface area contributed by atoms with Gasteiger partial charge in [-0.3, -0.25) is 4.79 Å². The molecule has 2 aromatic rings. The zero-order valence-electron chi connectivity index (χ0n) is 13.9. The van der Waals surface area contributed by atoms with Crippen LogP contribution >= 0.6 is 0 Å². The molecule has 0 spiro atoms. The first-order chi connectivity index (χ1) is 12.1. The Morgan fingerprint density at radius 2 is 1.88 bits per heavy atom. The SMILES string of the molecule is O=C(COc1cccnc1[N+](=O)[O-])c1ccc(C2CCCCC2)cc1. The summed E-state index contributed by atoms with van der Waals surface area (Å²) in [7, 11) is 0. The number of nitro groups is 1. The lowest BCUT2D eigenvalue weighted by molar-refractivity contribution is -0.390. The molecule has 0 aliphatic heterocycles. The number of carbonyl (C=O) groups is 1. The third kappa shape index (κ3) is 4.21. The largest absolute Gasteiger partial charge is 0.477 e. The zero-order chi connectivity index (χ0) is 17.6. The number of benzene rings is 1. The molecule has 0 saturated heterocycles. The van der Waals surface area contributed by atoms with Gasteiger partial charge in [-0.05, 0) is 46.4 Å². The molecule has 6 heteroatoms. The van der Waals surface area contributed by atoms with E-state index in [2.05, 4.69) is 4.98 Å². The number of hydrogen-bond donors (Lipinski definition) is 0. The number of Topliss-reactive ketones (excluding diaryl/α,β-unsaturated/α-hetero) is 1. The van der Waals surface area contributed by atoms with Crippen LogP contribution in [0.3, 0.4) is 0 Å². The highest BCUT2D eigenvalue weighted by molar-refractivity contribution is 5.97. The average Bonchev–Trinajstić information content (AvgIpc) is 2.67. The minimum atomic E-state index is -0.626. The summed E-state index contributed by atoms with van der Waals surface area (Å²) in [5.74, 6) is -0.0110. The second kappa shape index (κ2) is 7.88. The van der Waals surface area contributed by atoms with Gasteiger partial charge in [0.25, 0.3) is 0 Å². The van der Waals surface area contributed by atoms with Crippen molar-refractivity contribution in [2.45, 2.75) is 38.0 Å². The van der Waals surface area contributed by atoms with Crippen LogP contribution in [0.1, 0.15) is 53.9 Å². The molecule has 1 heterocycles. The van der Waals surface area contributed by atoms with Crippen molar-refractivity contribution < 1.29 is 14.5 Å². The van der Waals surface area contributed by atoms with Crippen LogP contribution in [0.25, 0.3) is 0 Å². The number of ether oxygens (including phenoxy) is 1. The summed E-state index contributed by atoms with van der Waals surface area (Å²) >= 11 is 0. The van der Waals surface area contributed by atoms with Crippen molar-refractivity contribution in [3.8, 4) is 5.75 Å². The van der Waals surface area contributed by atoms with Crippen molar-refractivity contribution in [3.63, 3.8) is 0 Å². The molecule has 1 aromatic carbocycles. The molecule has 3 rings (SSSR count). The van der Waals surface area contributed by atoms with Gasteiger partial charge in [0.2, 0.25) is 5.75 Å². The minimum absolute atomic E-state index is 0.000300. The Morgan fingerprint density at radius 3 is 2.56 bits per heavy atom. The van der Waals surface area contributed by atoms with Gasteiger partial charge in [0.05, 0.1) is 0 Å². The van der Waals surface area contributed by atoms with Gasteiger partial charge in [-0.1, -0.05) is 43.5 Å². The van der Waals surface area contributed by atoms with Crippen LogP contribution in [0.15, 0.2) is 42.6 Å². The first kappa shape index (κ1) is 17.1. The van der Waals surface area contributed by atoms with E-state index in [9.17, 15) is 14.9 Å². The van der Waals surface area contributed by atoms with Gasteiger partial charge in [-0.2, -0.15) is 0 Å². The number of rotatable bonds is 6. The van der Waals surface area contributed by atoms with Crippen LogP contribution < -0.4 is 4.74 Å². The van der Waals surface area contributed by atoms with E-state index in [0.717, 1.165) is 0 Å². The van der Waals surface area contributed by atoms with Crippen LogP contribution in [0, 0.1) is 10.1 Å². The van der Waals surface area contributed by atoms with Gasteiger partial charge >= 0.3 is 5.82 Å². The first-order valence-electron chi connectivity index (χ1n) is 8.50. The summed E-state index contributed by atoms with van der Waals surface area (Å²) in [5, 5.41) is 10.9. The summed E-state index contributed by atoms with van der Waals surface area (Å²) in [6, 6.07) is 10.6. The Labute approximate surface area is 146 Å². The highest BCUT2D eigenvalue weighted by atomic mass is 16.6. The predicted octanol–water partition coefficient (Wildman–Crippen LogP) is 4.30. The number of ketones is 1. The van der Waals surface area contributed by atoms with Crippen LogP contribution in [0.2, 0.25) is 0 Å². The third-order valence-electron chi connectivity index (χ3n) is 4.59. The Bertz CT molecular complexity index is 752. The zero-order valence-corrected chi connectivity index (χ0v) is 13.9. The summed E-state index contributed by atoms with van der Waals surface area (Å²) in [5.41, 5.74) is 1.83. The van der Waals surface area contributed by atoms with Gasteiger partial charge in [0.15, 0.2) is 12.4 Å². The van der Waals surface area contributed by atoms with Crippen molar-refractivity contribution >= 4 is 11.6 Å². The topological polar surface area (TPSA) is 82.3 Å². The molecular weight excluding hydrogens is 320 g/mol. The molecule has 0 unspecified atom stereocenters. The number of carbonyl (C=O) groups excluding carboxylic acids is 1. The second-order valence-electron chi connectivity index (χ2n) is 6.25. The third-order valence-corrected chi connectivity index (χ3v) is 4.59. The number of nitrogens with zero attached hydrogens (tertiary/aromatic N) is 2. The Morgan fingerprint density at radius 1 is 1.16 bits per heavy atom. The monoisotopic (exact) mass is 340 g/mol. The molecule has 0 atom stereocenters. The fraction of sp³-hybridized carbons (Fsp3) is 0.368. The van der Waals surface area contributed by atoms with Crippen LogP contribution in [-0.2, 0) is 0 Å². The summed E-state index contributed by atoms with van der Waals surface area (Å²) < 4.78 is 5.31. The molecule has 1 aromatic heterocycles. The van der Waals surface area contributed by atoms with E-state index >= 15 is 0 Å². The lowest BCUT2D eigenvalue weighted by Gasteiger charge is -2.22. The highest BCUT2D eigenvalue weighted by Gasteiger charge is 2.18. The first-order valence-corrected chi connectivity index (χ1v) is 8.50. The van der Waals surface area contributed by atoms with Gasteiger partial charge < -0.3 is 14.9 Å². The fourth-order valence-electron chi connectivity index (χ4n) is 3.24. The molecular formula is C19H20N2O4. The van der Waals surface area contributed by atoms with Gasteiger partial charge in [0.1, 0.15) is 6.20 Å². The predicted molar refractivity (Wildman–Crippen MR) is 93.0 cm³/mol. The van der Waals surface area contributed by atoms with E-state index < -0.39 is 4.92 Å². The van der Waals surface area contributed by atoms with E-state index in [1.807, 2.05) is 24.3 Å². The molecule has 0 N–H and O–H groups in total. The molecule has 6 nitrogen and oxygen atoms in total. The van der Waals surface area contributed by atoms with Crippen molar-refractivity contribution in [2.24, 2.45) is 0 Å². The maximum Gasteiger partial charge on any atom is 0.406 e. The van der Waals surface area contributed by atoms with Crippen molar-refractivity contribution in [1.29, 1.82) is 0 Å². The van der Waals surface area contributed by atoms with Crippen LogP contribution in [0.5, 0.6) is 5.75 Å². The molecule has 0 amide bonds. The molecule has 25 heavy (non-hydrogen) atoms. The normalized spacial score (nSPS) is 14.9. The smallest absolute Gasteiger partial charge is 0.406 e. The fourth-order valence-corrected chi connectivity index (χ4v) is 3.24. The summed E-state index contributed by atoms with van der Waals surface area (Å²) in [6.45, 7) is -0.255. The van der Waals surface area contributed by atoms with Crippen molar-refractivity contribution in [1.82, 2.24) is 4.98 Å². The van der Waals surface area contributed by atoms with E-state index in [-0.39, 0.29) is 24.0 Å². The number of hydrogen-bond acceptors (Lipinski definition) is 5. The van der Waals surface area contributed by atoms with Gasteiger partial charge in [-0.15, -0.1) is 0 Å². The molecule has 1 saturated carbocycles. The van der Waals surface area contributed by atoms with E-state index in [0.29, 0.717) is 11.5 Å². The molecule has 0 radical (unpaired) electrons. The maximum atomic E-state index is 12.3. The number of pyridine rings is 1. The van der Waals surface area contributed by atoms with Gasteiger partial charge in [0, 0.05) is 5.56 Å².